The molecule has 0 radical (unpaired) electrons. The van der Waals surface area contributed by atoms with E-state index in [4.69, 9.17) is 0 Å². The van der Waals surface area contributed by atoms with Crippen LogP contribution in [0.15, 0.2) is 35.4 Å². The number of sulfonamides is 1. The van der Waals surface area contributed by atoms with E-state index >= 15 is 0 Å². The van der Waals surface area contributed by atoms with Gasteiger partial charge in [-0.05, 0) is 19.9 Å². The molecule has 25 heavy (non-hydrogen) atoms. The summed E-state index contributed by atoms with van der Waals surface area (Å²) in [5, 5.41) is 4.83. The molecular weight excluding hydrogens is 342 g/mol. The monoisotopic (exact) mass is 361 g/mol. The molecule has 0 aliphatic heterocycles. The van der Waals surface area contributed by atoms with Crippen molar-refractivity contribution >= 4 is 26.8 Å². The lowest BCUT2D eigenvalue weighted by molar-refractivity contribution is 0.0946. The number of carbonyl (C=O) groups excluding carboxylic acids is 1. The molecule has 3 rings (SSSR count). The average Bonchev–Trinajstić information content (AvgIpc) is 3.03. The number of nitrogens with one attached hydrogen (secondary N) is 2. The van der Waals surface area contributed by atoms with Crippen LogP contribution in [0.3, 0.4) is 0 Å². The second-order valence-corrected chi connectivity index (χ2v) is 7.47. The van der Waals surface area contributed by atoms with Gasteiger partial charge in [-0.2, -0.15) is 5.10 Å². The highest BCUT2D eigenvalue weighted by Gasteiger charge is 2.25. The average molecular weight is 361 g/mol. The predicted octanol–water partition coefficient (Wildman–Crippen LogP) is 1.15. The molecule has 8 nitrogen and oxygen atoms in total. The fourth-order valence-corrected chi connectivity index (χ4v) is 4.18. The number of benzene rings is 1. The van der Waals surface area contributed by atoms with Crippen molar-refractivity contribution in [1.29, 1.82) is 0 Å². The number of rotatable bonds is 4. The van der Waals surface area contributed by atoms with Gasteiger partial charge in [0.1, 0.15) is 4.90 Å². The third kappa shape index (κ3) is 2.92. The Bertz CT molecular complexity index is 1080. The Morgan fingerprint density at radius 1 is 1.16 bits per heavy atom. The lowest BCUT2D eigenvalue weighted by Gasteiger charge is -2.08. The maximum Gasteiger partial charge on any atom is 0.268 e. The highest BCUT2D eigenvalue weighted by Crippen LogP contribution is 2.20. The van der Waals surface area contributed by atoms with Crippen LogP contribution in [0, 0.1) is 13.8 Å². The van der Waals surface area contributed by atoms with Gasteiger partial charge in [-0.1, -0.05) is 18.2 Å². The molecule has 0 atom stereocenters. The van der Waals surface area contributed by atoms with E-state index in [-0.39, 0.29) is 4.90 Å². The van der Waals surface area contributed by atoms with Gasteiger partial charge in [-0.3, -0.25) is 14.9 Å². The molecule has 2 aromatic heterocycles. The van der Waals surface area contributed by atoms with E-state index in [0.717, 1.165) is 10.9 Å². The van der Waals surface area contributed by atoms with Crippen LogP contribution >= 0.6 is 0 Å². The number of hydrazine groups is 1. The van der Waals surface area contributed by atoms with Gasteiger partial charge in [0.25, 0.3) is 15.9 Å². The molecule has 1 amide bonds. The van der Waals surface area contributed by atoms with Gasteiger partial charge in [-0.25, -0.2) is 8.42 Å². The van der Waals surface area contributed by atoms with Crippen molar-refractivity contribution in [3.8, 4) is 0 Å². The zero-order valence-electron chi connectivity index (χ0n) is 14.4. The molecule has 2 heterocycles. The summed E-state index contributed by atoms with van der Waals surface area (Å²) in [6.45, 7) is 3.26. The summed E-state index contributed by atoms with van der Waals surface area (Å²) in [6.07, 6.45) is 1.66. The normalized spacial score (nSPS) is 11.8. The Balaban J connectivity index is 1.86. The van der Waals surface area contributed by atoms with Gasteiger partial charge in [0.05, 0.1) is 17.0 Å². The Hall–Kier alpha value is -2.65. The van der Waals surface area contributed by atoms with Crippen LogP contribution < -0.4 is 10.3 Å². The van der Waals surface area contributed by atoms with Crippen molar-refractivity contribution in [1.82, 2.24) is 24.6 Å². The number of carbonyl (C=O) groups is 1. The van der Waals surface area contributed by atoms with Crippen molar-refractivity contribution in [2.75, 3.05) is 0 Å². The minimum absolute atomic E-state index is 0.0632. The summed E-state index contributed by atoms with van der Waals surface area (Å²) in [7, 11) is -0.435. The van der Waals surface area contributed by atoms with E-state index in [1.54, 1.807) is 27.1 Å². The molecule has 132 valence electrons. The van der Waals surface area contributed by atoms with Crippen molar-refractivity contribution in [2.45, 2.75) is 18.7 Å². The highest BCUT2D eigenvalue weighted by molar-refractivity contribution is 7.89. The molecule has 9 heteroatoms. The number of amides is 1. The number of fused-ring (bicyclic) bond motifs is 1. The van der Waals surface area contributed by atoms with Crippen molar-refractivity contribution in [3.05, 3.63) is 47.4 Å². The van der Waals surface area contributed by atoms with Crippen LogP contribution in [0.2, 0.25) is 0 Å². The first kappa shape index (κ1) is 17.2. The maximum absolute atomic E-state index is 12.5. The summed E-state index contributed by atoms with van der Waals surface area (Å²) >= 11 is 0. The lowest BCUT2D eigenvalue weighted by Crippen LogP contribution is -2.41. The SMILES string of the molecule is Cc1nn(C)c(C)c1S(=O)(=O)NNC(=O)c1cn(C)c2ccccc12. The smallest absolute Gasteiger partial charge is 0.268 e. The van der Waals surface area contributed by atoms with Crippen LogP contribution in [0.1, 0.15) is 21.7 Å². The summed E-state index contributed by atoms with van der Waals surface area (Å²) in [5.41, 5.74) is 4.41. The second kappa shape index (κ2) is 6.01. The number of para-hydroxylation sites is 1. The molecule has 0 unspecified atom stereocenters. The van der Waals surface area contributed by atoms with E-state index in [9.17, 15) is 13.2 Å². The zero-order valence-corrected chi connectivity index (χ0v) is 15.2. The number of aromatic nitrogens is 3. The van der Waals surface area contributed by atoms with Crippen LogP contribution in [0.4, 0.5) is 0 Å². The highest BCUT2D eigenvalue weighted by atomic mass is 32.2. The van der Waals surface area contributed by atoms with Crippen LogP contribution in [-0.2, 0) is 24.1 Å². The molecule has 0 spiro atoms. The fraction of sp³-hybridized carbons (Fsp3) is 0.250. The minimum Gasteiger partial charge on any atom is -0.350 e. The topological polar surface area (TPSA) is 98.0 Å². The molecule has 0 aliphatic carbocycles. The first-order valence-corrected chi connectivity index (χ1v) is 9.07. The summed E-state index contributed by atoms with van der Waals surface area (Å²) in [6, 6.07) is 7.40. The van der Waals surface area contributed by atoms with Gasteiger partial charge in [0.2, 0.25) is 0 Å². The minimum atomic E-state index is -3.92. The summed E-state index contributed by atoms with van der Waals surface area (Å²) in [4.78, 5) is 14.7. The second-order valence-electron chi connectivity index (χ2n) is 5.85. The molecule has 0 bridgehead atoms. The molecule has 0 aliphatic rings. The summed E-state index contributed by atoms with van der Waals surface area (Å²) < 4.78 is 28.3. The van der Waals surface area contributed by atoms with Crippen LogP contribution in [-0.4, -0.2) is 28.7 Å². The molecule has 3 aromatic rings. The van der Waals surface area contributed by atoms with E-state index in [0.29, 0.717) is 17.0 Å². The standard InChI is InChI=1S/C16H19N5O3S/c1-10-15(11(2)21(4)18-10)25(23,24)19-17-16(22)13-9-20(3)14-8-6-5-7-12(13)14/h5-9,19H,1-4H3,(H,17,22). The number of nitrogens with zero attached hydrogens (tertiary/aromatic N) is 3. The van der Waals surface area contributed by atoms with E-state index in [1.165, 1.54) is 4.68 Å². The predicted molar refractivity (Wildman–Crippen MR) is 93.4 cm³/mol. The summed E-state index contributed by atoms with van der Waals surface area (Å²) in [5.74, 6) is -0.528. The van der Waals surface area contributed by atoms with Crippen LogP contribution in [0.25, 0.3) is 10.9 Å². The molecular formula is C16H19N5O3S. The fourth-order valence-electron chi connectivity index (χ4n) is 2.90. The number of aryl methyl sites for hydroxylation is 3. The lowest BCUT2D eigenvalue weighted by atomic mass is 10.2. The third-order valence-electron chi connectivity index (χ3n) is 4.15. The Morgan fingerprint density at radius 2 is 1.84 bits per heavy atom. The van der Waals surface area contributed by atoms with E-state index in [2.05, 4.69) is 15.4 Å². The van der Waals surface area contributed by atoms with Gasteiger partial charge in [0, 0.05) is 31.2 Å². The van der Waals surface area contributed by atoms with E-state index in [1.807, 2.05) is 35.9 Å². The third-order valence-corrected chi connectivity index (χ3v) is 5.65. The Kier molecular flexibility index (Phi) is 4.13. The zero-order chi connectivity index (χ0) is 18.4. The quantitative estimate of drug-likeness (QED) is 0.681. The number of hydrogen-bond acceptors (Lipinski definition) is 4. The number of hydrogen-bond donors (Lipinski definition) is 2. The Morgan fingerprint density at radius 3 is 2.48 bits per heavy atom. The molecule has 1 aromatic carbocycles. The molecule has 0 saturated heterocycles. The largest absolute Gasteiger partial charge is 0.350 e. The van der Waals surface area contributed by atoms with Crippen molar-refractivity contribution in [2.24, 2.45) is 14.1 Å². The van der Waals surface area contributed by atoms with Crippen molar-refractivity contribution in [3.63, 3.8) is 0 Å². The van der Waals surface area contributed by atoms with Gasteiger partial charge >= 0.3 is 0 Å². The Labute approximate surface area is 145 Å². The van der Waals surface area contributed by atoms with Gasteiger partial charge in [0.15, 0.2) is 0 Å². The molecule has 0 saturated carbocycles. The van der Waals surface area contributed by atoms with Crippen molar-refractivity contribution < 1.29 is 13.2 Å². The first-order chi connectivity index (χ1) is 11.7. The molecule has 0 fully saturated rings. The van der Waals surface area contributed by atoms with E-state index < -0.39 is 15.9 Å². The first-order valence-electron chi connectivity index (χ1n) is 7.59. The van der Waals surface area contributed by atoms with Gasteiger partial charge < -0.3 is 4.57 Å². The van der Waals surface area contributed by atoms with Gasteiger partial charge in [-0.15, -0.1) is 4.83 Å². The molecule has 2 N–H and O–H groups in total. The van der Waals surface area contributed by atoms with Crippen LogP contribution in [0.5, 0.6) is 0 Å². The maximum atomic E-state index is 12.5.